The van der Waals surface area contributed by atoms with Crippen molar-refractivity contribution in [3.8, 4) is 11.1 Å². The second-order valence-electron chi connectivity index (χ2n) is 10.4. The van der Waals surface area contributed by atoms with Crippen LogP contribution in [-0.2, 0) is 14.3 Å². The molecule has 0 radical (unpaired) electrons. The van der Waals surface area contributed by atoms with E-state index >= 15 is 0 Å². The lowest BCUT2D eigenvalue weighted by Crippen LogP contribution is -2.43. The molecule has 7 heteroatoms. The lowest BCUT2D eigenvalue weighted by atomic mass is 9.85. The average molecular weight is 477 g/mol. The SMILES string of the molecule is CC1(C(=O)O)CCN(C(=O)C2CCC(NC(=O)OCC3c4ccccc4-c4ccccc43)CC2)C1. The molecule has 0 aromatic heterocycles. The number of carboxylic acid groups (broad SMARTS) is 1. The summed E-state index contributed by atoms with van der Waals surface area (Å²) in [5.41, 5.74) is 3.91. The molecule has 35 heavy (non-hydrogen) atoms. The summed E-state index contributed by atoms with van der Waals surface area (Å²) in [5.74, 6) is -0.872. The molecule has 2 N–H and O–H groups in total. The third kappa shape index (κ3) is 4.51. The van der Waals surface area contributed by atoms with Crippen LogP contribution in [0.1, 0.15) is 56.1 Å². The van der Waals surface area contributed by atoms with Gasteiger partial charge in [-0.1, -0.05) is 48.5 Å². The van der Waals surface area contributed by atoms with E-state index in [4.69, 9.17) is 4.74 Å². The lowest BCUT2D eigenvalue weighted by Gasteiger charge is -2.31. The molecular formula is C28H32N2O5. The molecule has 3 aliphatic rings. The first kappa shape index (κ1) is 23.4. The number of hydrogen-bond acceptors (Lipinski definition) is 4. The number of rotatable bonds is 5. The molecule has 1 unspecified atom stereocenters. The van der Waals surface area contributed by atoms with Gasteiger partial charge in [-0.15, -0.1) is 0 Å². The summed E-state index contributed by atoms with van der Waals surface area (Å²) in [7, 11) is 0. The zero-order valence-electron chi connectivity index (χ0n) is 20.0. The van der Waals surface area contributed by atoms with Gasteiger partial charge in [-0.25, -0.2) is 4.79 Å². The fourth-order valence-electron chi connectivity index (χ4n) is 5.87. The highest BCUT2D eigenvalue weighted by atomic mass is 16.5. The molecule has 7 nitrogen and oxygen atoms in total. The number of ether oxygens (including phenoxy) is 1. The molecular weight excluding hydrogens is 444 g/mol. The Morgan fingerprint density at radius 1 is 1.00 bits per heavy atom. The van der Waals surface area contributed by atoms with E-state index in [0.29, 0.717) is 38.6 Å². The van der Waals surface area contributed by atoms with E-state index in [0.717, 1.165) is 0 Å². The zero-order valence-corrected chi connectivity index (χ0v) is 20.0. The van der Waals surface area contributed by atoms with Crippen LogP contribution < -0.4 is 5.32 Å². The standard InChI is InChI=1S/C28H32N2O5/c1-28(26(32)33)14-15-30(17-28)25(31)18-10-12-19(13-11-18)29-27(34)35-16-24-22-8-4-2-6-20(22)21-7-3-5-9-23(21)24/h2-9,18-19,24H,10-17H2,1H3,(H,29,34)(H,32,33). The first-order valence-electron chi connectivity index (χ1n) is 12.5. The molecule has 184 valence electrons. The summed E-state index contributed by atoms with van der Waals surface area (Å²) in [6, 6.07) is 16.5. The van der Waals surface area contributed by atoms with Gasteiger partial charge in [-0.3, -0.25) is 9.59 Å². The Balaban J connectivity index is 1.11. The average Bonchev–Trinajstić information content (AvgIpc) is 3.42. The first-order valence-corrected chi connectivity index (χ1v) is 12.5. The fourth-order valence-corrected chi connectivity index (χ4v) is 5.87. The number of alkyl carbamates (subject to hydrolysis) is 1. The number of hydrogen-bond donors (Lipinski definition) is 2. The Kier molecular flexibility index (Phi) is 6.26. The maximum Gasteiger partial charge on any atom is 0.407 e. The summed E-state index contributed by atoms with van der Waals surface area (Å²) in [4.78, 5) is 38.7. The maximum absolute atomic E-state index is 12.9. The van der Waals surface area contributed by atoms with Crippen LogP contribution in [0.2, 0.25) is 0 Å². The van der Waals surface area contributed by atoms with E-state index in [1.165, 1.54) is 22.3 Å². The smallest absolute Gasteiger partial charge is 0.407 e. The van der Waals surface area contributed by atoms with E-state index in [1.54, 1.807) is 11.8 Å². The van der Waals surface area contributed by atoms with E-state index < -0.39 is 17.5 Å². The van der Waals surface area contributed by atoms with Crippen molar-refractivity contribution in [3.05, 3.63) is 59.7 Å². The number of nitrogens with zero attached hydrogens (tertiary/aromatic N) is 1. The van der Waals surface area contributed by atoms with Gasteiger partial charge in [0.1, 0.15) is 6.61 Å². The highest BCUT2D eigenvalue weighted by Gasteiger charge is 2.43. The van der Waals surface area contributed by atoms with Crippen molar-refractivity contribution in [2.45, 2.75) is 51.0 Å². The monoisotopic (exact) mass is 476 g/mol. The molecule has 1 saturated carbocycles. The van der Waals surface area contributed by atoms with Crippen LogP contribution in [-0.4, -0.2) is 53.7 Å². The number of carbonyl (C=O) groups excluding carboxylic acids is 2. The van der Waals surface area contributed by atoms with Gasteiger partial charge < -0.3 is 20.1 Å². The Hall–Kier alpha value is -3.35. The van der Waals surface area contributed by atoms with Gasteiger partial charge in [-0.2, -0.15) is 0 Å². The number of benzene rings is 2. The molecule has 2 amide bonds. The van der Waals surface area contributed by atoms with Crippen molar-refractivity contribution in [1.82, 2.24) is 10.2 Å². The molecule has 1 atom stereocenters. The predicted octanol–water partition coefficient (Wildman–Crippen LogP) is 4.41. The van der Waals surface area contributed by atoms with E-state index in [9.17, 15) is 19.5 Å². The lowest BCUT2D eigenvalue weighted by molar-refractivity contribution is -0.147. The highest BCUT2D eigenvalue weighted by molar-refractivity contribution is 5.82. The number of nitrogens with one attached hydrogen (secondary N) is 1. The molecule has 2 aliphatic carbocycles. The van der Waals surface area contributed by atoms with Gasteiger partial charge in [0.05, 0.1) is 5.41 Å². The third-order valence-electron chi connectivity index (χ3n) is 8.04. The van der Waals surface area contributed by atoms with Crippen LogP contribution >= 0.6 is 0 Å². The Morgan fingerprint density at radius 3 is 2.17 bits per heavy atom. The van der Waals surface area contributed by atoms with Gasteiger partial charge in [0.2, 0.25) is 5.91 Å². The van der Waals surface area contributed by atoms with Gasteiger partial charge in [-0.05, 0) is 61.3 Å². The van der Waals surface area contributed by atoms with Crippen LogP contribution in [0.15, 0.2) is 48.5 Å². The Labute approximate surface area is 205 Å². The van der Waals surface area contributed by atoms with Crippen LogP contribution in [0.5, 0.6) is 0 Å². The minimum Gasteiger partial charge on any atom is -0.481 e. The summed E-state index contributed by atoms with van der Waals surface area (Å²) in [6.45, 7) is 2.77. The van der Waals surface area contributed by atoms with Crippen LogP contribution in [0.3, 0.4) is 0 Å². The first-order chi connectivity index (χ1) is 16.9. The summed E-state index contributed by atoms with van der Waals surface area (Å²) >= 11 is 0. The number of likely N-dealkylation sites (tertiary alicyclic amines) is 1. The topological polar surface area (TPSA) is 95.9 Å². The van der Waals surface area contributed by atoms with Crippen molar-refractivity contribution in [2.24, 2.45) is 11.3 Å². The largest absolute Gasteiger partial charge is 0.481 e. The summed E-state index contributed by atoms with van der Waals surface area (Å²) in [5, 5.41) is 12.4. The van der Waals surface area contributed by atoms with Gasteiger partial charge in [0, 0.05) is 31.0 Å². The fraction of sp³-hybridized carbons (Fsp3) is 0.464. The molecule has 0 bridgehead atoms. The molecule has 2 fully saturated rings. The highest BCUT2D eigenvalue weighted by Crippen LogP contribution is 2.44. The second-order valence-corrected chi connectivity index (χ2v) is 10.4. The van der Waals surface area contributed by atoms with Crippen molar-refractivity contribution in [2.75, 3.05) is 19.7 Å². The number of carboxylic acids is 1. The number of aliphatic carboxylic acids is 1. The molecule has 1 aliphatic heterocycles. The van der Waals surface area contributed by atoms with Crippen LogP contribution in [0, 0.1) is 11.3 Å². The Morgan fingerprint density at radius 2 is 1.60 bits per heavy atom. The number of amides is 2. The normalized spacial score (nSPS) is 25.6. The summed E-state index contributed by atoms with van der Waals surface area (Å²) in [6.07, 6.45) is 2.88. The number of carbonyl (C=O) groups is 3. The molecule has 1 heterocycles. The third-order valence-corrected chi connectivity index (χ3v) is 8.04. The summed E-state index contributed by atoms with van der Waals surface area (Å²) < 4.78 is 5.66. The van der Waals surface area contributed by atoms with Crippen LogP contribution in [0.4, 0.5) is 4.79 Å². The minimum absolute atomic E-state index is 0.0161. The molecule has 5 rings (SSSR count). The van der Waals surface area contributed by atoms with Crippen molar-refractivity contribution in [1.29, 1.82) is 0 Å². The molecule has 2 aromatic carbocycles. The quantitative estimate of drug-likeness (QED) is 0.667. The van der Waals surface area contributed by atoms with Crippen molar-refractivity contribution < 1.29 is 24.2 Å². The zero-order chi connectivity index (χ0) is 24.6. The minimum atomic E-state index is -0.849. The number of fused-ring (bicyclic) bond motifs is 3. The molecule has 1 saturated heterocycles. The van der Waals surface area contributed by atoms with E-state index in [2.05, 4.69) is 29.6 Å². The van der Waals surface area contributed by atoms with Crippen molar-refractivity contribution in [3.63, 3.8) is 0 Å². The van der Waals surface area contributed by atoms with Crippen LogP contribution in [0.25, 0.3) is 11.1 Å². The molecule has 0 spiro atoms. The predicted molar refractivity (Wildman–Crippen MR) is 131 cm³/mol. The van der Waals surface area contributed by atoms with Crippen molar-refractivity contribution >= 4 is 18.0 Å². The van der Waals surface area contributed by atoms with E-state index in [1.807, 2.05) is 24.3 Å². The van der Waals surface area contributed by atoms with Gasteiger partial charge in [0.15, 0.2) is 0 Å². The second kappa shape index (κ2) is 9.36. The molecule has 2 aromatic rings. The Bertz CT molecular complexity index is 1090. The van der Waals surface area contributed by atoms with Gasteiger partial charge in [0.25, 0.3) is 0 Å². The maximum atomic E-state index is 12.9. The van der Waals surface area contributed by atoms with E-state index in [-0.39, 0.29) is 36.9 Å². The van der Waals surface area contributed by atoms with Gasteiger partial charge >= 0.3 is 12.1 Å².